The van der Waals surface area contributed by atoms with E-state index in [-0.39, 0.29) is 37.2 Å². The van der Waals surface area contributed by atoms with E-state index >= 15 is 0 Å². The largest absolute Gasteiger partial charge is 0.495 e. The van der Waals surface area contributed by atoms with E-state index in [1.54, 1.807) is 12.1 Å². The van der Waals surface area contributed by atoms with Gasteiger partial charge in [-0.3, -0.25) is 14.4 Å². The molecule has 1 aliphatic rings. The third-order valence-electron chi connectivity index (χ3n) is 5.54. The van der Waals surface area contributed by atoms with Gasteiger partial charge in [0.1, 0.15) is 11.5 Å². The number of carbonyl (C=O) groups is 3. The quantitative estimate of drug-likeness (QED) is 0.663. The molecule has 0 spiro atoms. The Hall–Kier alpha value is -3.26. The Kier molecular flexibility index (Phi) is 7.25. The summed E-state index contributed by atoms with van der Waals surface area (Å²) in [6, 6.07) is 8.80. The third-order valence-corrected chi connectivity index (χ3v) is 5.84. The summed E-state index contributed by atoms with van der Waals surface area (Å²) in [7, 11) is 2.96. The fourth-order valence-corrected chi connectivity index (χ4v) is 3.80. The van der Waals surface area contributed by atoms with E-state index in [4.69, 9.17) is 21.1 Å². The minimum Gasteiger partial charge on any atom is -0.495 e. The number of nitrogens with one attached hydrogen (secondary N) is 2. The number of rotatable bonds is 7. The molecule has 1 unspecified atom stereocenters. The summed E-state index contributed by atoms with van der Waals surface area (Å²) in [6.07, 6.45) is 0.0250. The van der Waals surface area contributed by atoms with Crippen LogP contribution < -0.4 is 25.0 Å². The molecular formula is C23H26ClN3O5. The number of methoxy groups -OCH3 is 2. The molecule has 2 N–H and O–H groups in total. The molecule has 3 rings (SSSR count). The Morgan fingerprint density at radius 3 is 2.56 bits per heavy atom. The van der Waals surface area contributed by atoms with Crippen LogP contribution in [-0.2, 0) is 14.4 Å². The molecule has 8 nitrogen and oxygen atoms in total. The Balaban J connectivity index is 1.62. The molecule has 0 radical (unpaired) electrons. The molecule has 0 aromatic heterocycles. The molecule has 2 aromatic rings. The minimum absolute atomic E-state index is 0.0250. The van der Waals surface area contributed by atoms with Crippen molar-refractivity contribution in [3.63, 3.8) is 0 Å². The van der Waals surface area contributed by atoms with Crippen molar-refractivity contribution >= 4 is 40.7 Å². The van der Waals surface area contributed by atoms with Gasteiger partial charge in [0.15, 0.2) is 0 Å². The van der Waals surface area contributed by atoms with Crippen LogP contribution >= 0.6 is 11.6 Å². The first-order valence-electron chi connectivity index (χ1n) is 10.1. The van der Waals surface area contributed by atoms with Gasteiger partial charge in [0.05, 0.1) is 37.4 Å². The van der Waals surface area contributed by atoms with Crippen LogP contribution in [0.2, 0.25) is 5.02 Å². The maximum Gasteiger partial charge on any atom is 0.243 e. The highest BCUT2D eigenvalue weighted by molar-refractivity contribution is 6.32. The predicted molar refractivity (Wildman–Crippen MR) is 123 cm³/mol. The molecule has 9 heteroatoms. The predicted octanol–water partition coefficient (Wildman–Crippen LogP) is 3.08. The third kappa shape index (κ3) is 4.96. The molecular weight excluding hydrogens is 434 g/mol. The first-order chi connectivity index (χ1) is 15.2. The topological polar surface area (TPSA) is 97.0 Å². The second-order valence-corrected chi connectivity index (χ2v) is 7.98. The van der Waals surface area contributed by atoms with Gasteiger partial charge in [0.2, 0.25) is 17.7 Å². The molecule has 1 aliphatic heterocycles. The Bertz CT molecular complexity index is 1060. The maximum absolute atomic E-state index is 12.6. The van der Waals surface area contributed by atoms with E-state index in [1.807, 2.05) is 32.0 Å². The van der Waals surface area contributed by atoms with Crippen LogP contribution in [0.4, 0.5) is 11.4 Å². The van der Waals surface area contributed by atoms with E-state index in [0.29, 0.717) is 27.9 Å². The minimum atomic E-state index is -0.596. The van der Waals surface area contributed by atoms with Gasteiger partial charge < -0.3 is 25.0 Å². The Labute approximate surface area is 191 Å². The van der Waals surface area contributed by atoms with Crippen molar-refractivity contribution in [2.45, 2.75) is 20.3 Å². The number of carbonyl (C=O) groups excluding carboxylic acids is 3. The molecule has 1 fully saturated rings. The lowest BCUT2D eigenvalue weighted by atomic mass is 10.1. The fourth-order valence-electron chi connectivity index (χ4n) is 3.56. The summed E-state index contributed by atoms with van der Waals surface area (Å²) in [6.45, 7) is 3.85. The van der Waals surface area contributed by atoms with Gasteiger partial charge >= 0.3 is 0 Å². The Morgan fingerprint density at radius 1 is 1.16 bits per heavy atom. The average Bonchev–Trinajstić information content (AvgIpc) is 3.16. The van der Waals surface area contributed by atoms with Gasteiger partial charge in [-0.25, -0.2) is 0 Å². The second kappa shape index (κ2) is 9.91. The fraction of sp³-hybridized carbons (Fsp3) is 0.348. The van der Waals surface area contributed by atoms with Gasteiger partial charge in [-0.15, -0.1) is 0 Å². The Morgan fingerprint density at radius 2 is 1.88 bits per heavy atom. The van der Waals surface area contributed by atoms with Crippen molar-refractivity contribution in [3.05, 3.63) is 46.5 Å². The number of benzene rings is 2. The first kappa shape index (κ1) is 23.4. The lowest BCUT2D eigenvalue weighted by molar-refractivity contribution is -0.127. The van der Waals surface area contributed by atoms with Gasteiger partial charge in [-0.1, -0.05) is 23.7 Å². The van der Waals surface area contributed by atoms with E-state index < -0.39 is 5.92 Å². The molecule has 1 heterocycles. The maximum atomic E-state index is 12.6. The van der Waals surface area contributed by atoms with Crippen LogP contribution in [0.3, 0.4) is 0 Å². The van der Waals surface area contributed by atoms with Crippen molar-refractivity contribution in [1.82, 2.24) is 5.32 Å². The summed E-state index contributed by atoms with van der Waals surface area (Å²) >= 11 is 6.21. The zero-order chi connectivity index (χ0) is 23.4. The van der Waals surface area contributed by atoms with Crippen LogP contribution in [0.1, 0.15) is 17.5 Å². The van der Waals surface area contributed by atoms with Gasteiger partial charge in [0, 0.05) is 24.7 Å². The number of hydrogen-bond donors (Lipinski definition) is 2. The average molecular weight is 460 g/mol. The van der Waals surface area contributed by atoms with Crippen LogP contribution in [0.15, 0.2) is 30.3 Å². The molecule has 0 saturated carbocycles. The number of ether oxygens (including phenoxy) is 2. The molecule has 2 aromatic carbocycles. The van der Waals surface area contributed by atoms with Gasteiger partial charge in [-0.05, 0) is 37.1 Å². The van der Waals surface area contributed by atoms with E-state index in [2.05, 4.69) is 10.6 Å². The molecule has 0 bridgehead atoms. The van der Waals surface area contributed by atoms with E-state index in [9.17, 15) is 14.4 Å². The van der Waals surface area contributed by atoms with Crippen molar-refractivity contribution in [3.8, 4) is 11.5 Å². The highest BCUT2D eigenvalue weighted by Gasteiger charge is 2.36. The number of halogens is 1. The molecule has 170 valence electrons. The number of anilines is 2. The van der Waals surface area contributed by atoms with Crippen LogP contribution in [0.25, 0.3) is 0 Å². The van der Waals surface area contributed by atoms with E-state index in [0.717, 1.165) is 11.1 Å². The van der Waals surface area contributed by atoms with Crippen molar-refractivity contribution in [2.75, 3.05) is 37.5 Å². The summed E-state index contributed by atoms with van der Waals surface area (Å²) in [4.78, 5) is 39.0. The summed E-state index contributed by atoms with van der Waals surface area (Å²) < 4.78 is 10.6. The lowest BCUT2D eigenvalue weighted by Gasteiger charge is -2.21. The standard InChI is InChI=1S/C23H26ClN3O5/c1-13-6-5-7-17(14(13)2)26-21(28)11-25-23(30)15-8-22(29)27(12-15)18-9-16(24)19(31-3)10-20(18)32-4/h5-7,9-10,15H,8,11-12H2,1-4H3,(H,25,30)(H,26,28). The zero-order valence-corrected chi connectivity index (χ0v) is 19.2. The highest BCUT2D eigenvalue weighted by Crippen LogP contribution is 2.40. The number of nitrogens with zero attached hydrogens (tertiary/aromatic N) is 1. The monoisotopic (exact) mass is 459 g/mol. The molecule has 0 aliphatic carbocycles. The van der Waals surface area contributed by atoms with Crippen LogP contribution in [0.5, 0.6) is 11.5 Å². The van der Waals surface area contributed by atoms with Gasteiger partial charge in [-0.2, -0.15) is 0 Å². The second-order valence-electron chi connectivity index (χ2n) is 7.58. The summed E-state index contributed by atoms with van der Waals surface area (Å²) in [5.41, 5.74) is 3.20. The molecule has 1 atom stereocenters. The normalized spacial score (nSPS) is 15.5. The van der Waals surface area contributed by atoms with Crippen LogP contribution in [-0.4, -0.2) is 45.0 Å². The van der Waals surface area contributed by atoms with Gasteiger partial charge in [0.25, 0.3) is 0 Å². The number of hydrogen-bond acceptors (Lipinski definition) is 5. The first-order valence-corrected chi connectivity index (χ1v) is 10.5. The molecule has 1 saturated heterocycles. The molecule has 32 heavy (non-hydrogen) atoms. The van der Waals surface area contributed by atoms with Crippen molar-refractivity contribution < 1.29 is 23.9 Å². The SMILES string of the molecule is COc1cc(OC)c(N2CC(C(=O)NCC(=O)Nc3cccc(C)c3C)CC2=O)cc1Cl. The van der Waals surface area contributed by atoms with E-state index in [1.165, 1.54) is 19.1 Å². The van der Waals surface area contributed by atoms with Crippen molar-refractivity contribution in [2.24, 2.45) is 5.92 Å². The zero-order valence-electron chi connectivity index (χ0n) is 18.5. The smallest absolute Gasteiger partial charge is 0.243 e. The number of aryl methyl sites for hydroxylation is 1. The van der Waals surface area contributed by atoms with Crippen molar-refractivity contribution in [1.29, 1.82) is 0 Å². The lowest BCUT2D eigenvalue weighted by Crippen LogP contribution is -2.38. The molecule has 3 amide bonds. The summed E-state index contributed by atoms with van der Waals surface area (Å²) in [5.74, 6) is -0.699. The number of amides is 3. The summed E-state index contributed by atoms with van der Waals surface area (Å²) in [5, 5.41) is 5.75. The van der Waals surface area contributed by atoms with Crippen LogP contribution in [0, 0.1) is 19.8 Å². The highest BCUT2D eigenvalue weighted by atomic mass is 35.5.